The maximum atomic E-state index is 10.6. The second-order valence-corrected chi connectivity index (χ2v) is 4.62. The van der Waals surface area contributed by atoms with Crippen molar-refractivity contribution < 1.29 is 4.79 Å². The van der Waals surface area contributed by atoms with Crippen molar-refractivity contribution in [1.29, 1.82) is 0 Å². The first-order chi connectivity index (χ1) is 7.65. The third-order valence-corrected chi connectivity index (χ3v) is 3.25. The molecule has 0 aromatic heterocycles. The largest absolute Gasteiger partial charge is 0.369 e. The molecule has 0 unspecified atom stereocenters. The summed E-state index contributed by atoms with van der Waals surface area (Å²) in [7, 11) is 0. The first-order valence-corrected chi connectivity index (χ1v) is 5.73. The first kappa shape index (κ1) is 11.1. The molecule has 3 nitrogen and oxygen atoms in total. The fraction of sp³-hybridized carbons (Fsp3) is 0.462. The van der Waals surface area contributed by atoms with E-state index in [0.29, 0.717) is 18.5 Å². The van der Waals surface area contributed by atoms with Crippen molar-refractivity contribution in [3.05, 3.63) is 35.4 Å². The van der Waals surface area contributed by atoms with Crippen LogP contribution in [-0.2, 0) is 4.79 Å². The summed E-state index contributed by atoms with van der Waals surface area (Å²) in [5, 5.41) is 3.16. The highest BCUT2D eigenvalue weighted by Crippen LogP contribution is 2.36. The van der Waals surface area contributed by atoms with E-state index in [0.717, 1.165) is 12.8 Å². The number of primary amides is 1. The Kier molecular flexibility index (Phi) is 3.25. The zero-order valence-electron chi connectivity index (χ0n) is 9.57. The molecule has 0 bridgehead atoms. The van der Waals surface area contributed by atoms with Crippen LogP contribution in [0.1, 0.15) is 29.9 Å². The molecule has 1 fully saturated rings. The molecule has 16 heavy (non-hydrogen) atoms. The van der Waals surface area contributed by atoms with E-state index in [1.54, 1.807) is 0 Å². The van der Waals surface area contributed by atoms with Gasteiger partial charge in [-0.3, -0.25) is 4.79 Å². The molecule has 3 N–H and O–H groups in total. The number of carbonyl (C=O) groups excluding carboxylic acids is 1. The molecule has 1 aliphatic carbocycles. The van der Waals surface area contributed by atoms with Crippen molar-refractivity contribution in [2.24, 2.45) is 5.73 Å². The van der Waals surface area contributed by atoms with Crippen molar-refractivity contribution in [2.45, 2.75) is 31.7 Å². The SMILES string of the molecule is Cc1ccc(C2CC(NCC(N)=O)C2)cc1. The van der Waals surface area contributed by atoms with Crippen LogP contribution in [0.4, 0.5) is 0 Å². The van der Waals surface area contributed by atoms with Crippen molar-refractivity contribution in [3.8, 4) is 0 Å². The maximum Gasteiger partial charge on any atom is 0.231 e. The van der Waals surface area contributed by atoms with Crippen LogP contribution in [0.15, 0.2) is 24.3 Å². The summed E-state index contributed by atoms with van der Waals surface area (Å²) < 4.78 is 0. The van der Waals surface area contributed by atoms with E-state index in [-0.39, 0.29) is 5.91 Å². The topological polar surface area (TPSA) is 55.1 Å². The average Bonchev–Trinajstić information content (AvgIpc) is 2.18. The third kappa shape index (κ3) is 2.61. The van der Waals surface area contributed by atoms with Crippen molar-refractivity contribution in [3.63, 3.8) is 0 Å². The molecule has 0 spiro atoms. The lowest BCUT2D eigenvalue weighted by Crippen LogP contribution is -2.43. The summed E-state index contributed by atoms with van der Waals surface area (Å²) >= 11 is 0. The molecule has 1 saturated carbocycles. The van der Waals surface area contributed by atoms with Crippen molar-refractivity contribution in [1.82, 2.24) is 5.32 Å². The highest BCUT2D eigenvalue weighted by atomic mass is 16.1. The van der Waals surface area contributed by atoms with Gasteiger partial charge < -0.3 is 11.1 Å². The Morgan fingerprint density at radius 3 is 2.56 bits per heavy atom. The molecule has 0 saturated heterocycles. The summed E-state index contributed by atoms with van der Waals surface area (Å²) in [5.41, 5.74) is 7.78. The lowest BCUT2D eigenvalue weighted by atomic mass is 9.76. The van der Waals surface area contributed by atoms with Crippen LogP contribution in [-0.4, -0.2) is 18.5 Å². The van der Waals surface area contributed by atoms with Gasteiger partial charge in [0.1, 0.15) is 0 Å². The van der Waals surface area contributed by atoms with E-state index >= 15 is 0 Å². The van der Waals surface area contributed by atoms with E-state index in [1.165, 1.54) is 11.1 Å². The number of nitrogens with two attached hydrogens (primary N) is 1. The van der Waals surface area contributed by atoms with Gasteiger partial charge in [-0.1, -0.05) is 29.8 Å². The molecule has 86 valence electrons. The van der Waals surface area contributed by atoms with E-state index in [4.69, 9.17) is 5.73 Å². The predicted octanol–water partition coefficient (Wildman–Crippen LogP) is 1.32. The highest BCUT2D eigenvalue weighted by Gasteiger charge is 2.29. The Morgan fingerprint density at radius 2 is 2.00 bits per heavy atom. The normalized spacial score (nSPS) is 23.8. The summed E-state index contributed by atoms with van der Waals surface area (Å²) in [6, 6.07) is 9.16. The molecule has 1 aliphatic rings. The highest BCUT2D eigenvalue weighted by molar-refractivity contribution is 5.75. The number of aryl methyl sites for hydroxylation is 1. The molecule has 2 rings (SSSR count). The van der Waals surface area contributed by atoms with Gasteiger partial charge in [-0.2, -0.15) is 0 Å². The molecule has 0 atom stereocenters. The van der Waals surface area contributed by atoms with Crippen molar-refractivity contribution >= 4 is 5.91 Å². The Bertz CT molecular complexity index is 366. The number of hydrogen-bond acceptors (Lipinski definition) is 2. The van der Waals surface area contributed by atoms with Gasteiger partial charge in [-0.05, 0) is 31.2 Å². The van der Waals surface area contributed by atoms with Gasteiger partial charge in [0.2, 0.25) is 5.91 Å². The molecular weight excluding hydrogens is 200 g/mol. The zero-order valence-corrected chi connectivity index (χ0v) is 9.57. The number of hydrogen-bond donors (Lipinski definition) is 2. The van der Waals surface area contributed by atoms with Crippen LogP contribution >= 0.6 is 0 Å². The number of amides is 1. The Hall–Kier alpha value is -1.35. The molecule has 3 heteroatoms. The van der Waals surface area contributed by atoms with Crippen LogP contribution in [0.2, 0.25) is 0 Å². The molecule has 1 aromatic rings. The monoisotopic (exact) mass is 218 g/mol. The Morgan fingerprint density at radius 1 is 1.38 bits per heavy atom. The molecule has 0 heterocycles. The number of rotatable bonds is 4. The standard InChI is InChI=1S/C13H18N2O/c1-9-2-4-10(5-3-9)11-6-12(7-11)15-8-13(14)16/h2-5,11-12,15H,6-8H2,1H3,(H2,14,16). The van der Waals surface area contributed by atoms with E-state index < -0.39 is 0 Å². The van der Waals surface area contributed by atoms with Crippen LogP contribution in [0, 0.1) is 6.92 Å². The van der Waals surface area contributed by atoms with Gasteiger partial charge in [0.15, 0.2) is 0 Å². The molecule has 1 aromatic carbocycles. The predicted molar refractivity (Wildman–Crippen MR) is 64.1 cm³/mol. The van der Waals surface area contributed by atoms with Gasteiger partial charge >= 0.3 is 0 Å². The quantitative estimate of drug-likeness (QED) is 0.800. The van der Waals surface area contributed by atoms with Crippen LogP contribution in [0.3, 0.4) is 0 Å². The number of benzene rings is 1. The average molecular weight is 218 g/mol. The van der Waals surface area contributed by atoms with Gasteiger partial charge in [-0.15, -0.1) is 0 Å². The fourth-order valence-electron chi connectivity index (χ4n) is 2.14. The second-order valence-electron chi connectivity index (χ2n) is 4.62. The first-order valence-electron chi connectivity index (χ1n) is 5.73. The maximum absolute atomic E-state index is 10.6. The molecule has 1 amide bonds. The van der Waals surface area contributed by atoms with E-state index in [1.807, 2.05) is 0 Å². The lowest BCUT2D eigenvalue weighted by molar-refractivity contribution is -0.117. The van der Waals surface area contributed by atoms with Gasteiger partial charge in [0.05, 0.1) is 6.54 Å². The van der Waals surface area contributed by atoms with E-state index in [2.05, 4.69) is 36.5 Å². The zero-order chi connectivity index (χ0) is 11.5. The third-order valence-electron chi connectivity index (χ3n) is 3.25. The Balaban J connectivity index is 1.79. The minimum Gasteiger partial charge on any atom is -0.369 e. The Labute approximate surface area is 96.0 Å². The van der Waals surface area contributed by atoms with Crippen molar-refractivity contribution in [2.75, 3.05) is 6.54 Å². The molecule has 0 aliphatic heterocycles. The van der Waals surface area contributed by atoms with Gasteiger partial charge in [0, 0.05) is 6.04 Å². The second kappa shape index (κ2) is 4.66. The van der Waals surface area contributed by atoms with Gasteiger partial charge in [-0.25, -0.2) is 0 Å². The van der Waals surface area contributed by atoms with Crippen LogP contribution in [0.25, 0.3) is 0 Å². The van der Waals surface area contributed by atoms with Gasteiger partial charge in [0.25, 0.3) is 0 Å². The van der Waals surface area contributed by atoms with E-state index in [9.17, 15) is 4.79 Å². The minimum atomic E-state index is -0.279. The van der Waals surface area contributed by atoms with Crippen LogP contribution in [0.5, 0.6) is 0 Å². The molecular formula is C13H18N2O. The summed E-state index contributed by atoms with van der Waals surface area (Å²) in [5.74, 6) is 0.366. The summed E-state index contributed by atoms with van der Waals surface area (Å²) in [6.45, 7) is 2.40. The van der Waals surface area contributed by atoms with Crippen LogP contribution < -0.4 is 11.1 Å². The summed E-state index contributed by atoms with van der Waals surface area (Å²) in [4.78, 5) is 10.6. The minimum absolute atomic E-state index is 0.279. The smallest absolute Gasteiger partial charge is 0.231 e. The number of nitrogens with one attached hydrogen (secondary N) is 1. The summed E-state index contributed by atoms with van der Waals surface area (Å²) in [6.07, 6.45) is 2.21. The molecule has 0 radical (unpaired) electrons. The number of carbonyl (C=O) groups is 1. The lowest BCUT2D eigenvalue weighted by Gasteiger charge is -2.36. The fourth-order valence-corrected chi connectivity index (χ4v) is 2.14.